The molecule has 1 amide bonds. The van der Waals surface area contributed by atoms with Gasteiger partial charge in [-0.2, -0.15) is 0 Å². The number of phenolic OH excluding ortho intramolecular Hbond substituents is 1. The third-order valence-electron chi connectivity index (χ3n) is 3.41. The summed E-state index contributed by atoms with van der Waals surface area (Å²) in [6, 6.07) is 14.6. The molecule has 0 radical (unpaired) electrons. The first-order valence-corrected chi connectivity index (χ1v) is 7.31. The summed E-state index contributed by atoms with van der Waals surface area (Å²) < 4.78 is 11.8. The molecule has 23 heavy (non-hydrogen) atoms. The normalized spacial score (nSPS) is 12.9. The lowest BCUT2D eigenvalue weighted by molar-refractivity contribution is -0.118. The largest absolute Gasteiger partial charge is 0.508 e. The number of fused-ring (bicyclic) bond motifs is 1. The SMILES string of the molecule is CC(=O)NCC1=C(Cc2ccccc2)Oc2ccc(O)cc2O1. The Balaban J connectivity index is 1.89. The number of allylic oxidation sites excluding steroid dienone is 1. The van der Waals surface area contributed by atoms with Crippen molar-refractivity contribution in [2.75, 3.05) is 6.54 Å². The van der Waals surface area contributed by atoms with Crippen molar-refractivity contribution in [3.8, 4) is 17.2 Å². The van der Waals surface area contributed by atoms with E-state index in [-0.39, 0.29) is 18.2 Å². The molecule has 0 atom stereocenters. The summed E-state index contributed by atoms with van der Waals surface area (Å²) >= 11 is 0. The standard InChI is InChI=1S/C18H17NO4/c1-12(20)19-11-18-16(9-13-5-3-2-4-6-13)22-15-8-7-14(21)10-17(15)23-18/h2-8,10,21H,9,11H2,1H3,(H,19,20). The van der Waals surface area contributed by atoms with Gasteiger partial charge in [-0.3, -0.25) is 4.79 Å². The number of hydrogen-bond acceptors (Lipinski definition) is 4. The second-order valence-electron chi connectivity index (χ2n) is 5.25. The minimum atomic E-state index is -0.151. The number of aromatic hydroxyl groups is 1. The summed E-state index contributed by atoms with van der Waals surface area (Å²) in [6.45, 7) is 1.67. The minimum Gasteiger partial charge on any atom is -0.508 e. The van der Waals surface area contributed by atoms with Gasteiger partial charge in [0.15, 0.2) is 17.3 Å². The predicted octanol–water partition coefficient (Wildman–Crippen LogP) is 2.75. The van der Waals surface area contributed by atoms with Crippen molar-refractivity contribution < 1.29 is 19.4 Å². The zero-order valence-corrected chi connectivity index (χ0v) is 12.7. The number of carbonyl (C=O) groups excluding carboxylic acids is 1. The predicted molar refractivity (Wildman–Crippen MR) is 85.2 cm³/mol. The highest BCUT2D eigenvalue weighted by atomic mass is 16.6. The number of amides is 1. The molecule has 0 fully saturated rings. The zero-order chi connectivity index (χ0) is 16.2. The molecule has 1 heterocycles. The summed E-state index contributed by atoms with van der Waals surface area (Å²) in [7, 11) is 0. The number of benzene rings is 2. The molecule has 5 nitrogen and oxygen atoms in total. The van der Waals surface area contributed by atoms with E-state index in [0.717, 1.165) is 5.56 Å². The van der Waals surface area contributed by atoms with Gasteiger partial charge in [0.25, 0.3) is 0 Å². The highest BCUT2D eigenvalue weighted by Gasteiger charge is 2.22. The average molecular weight is 311 g/mol. The van der Waals surface area contributed by atoms with Gasteiger partial charge in [0, 0.05) is 19.4 Å². The molecule has 0 aromatic heterocycles. The second-order valence-corrected chi connectivity index (χ2v) is 5.25. The Morgan fingerprint density at radius 3 is 2.52 bits per heavy atom. The topological polar surface area (TPSA) is 67.8 Å². The Morgan fingerprint density at radius 2 is 1.78 bits per heavy atom. The van der Waals surface area contributed by atoms with Crippen LogP contribution in [0.5, 0.6) is 17.2 Å². The van der Waals surface area contributed by atoms with Crippen molar-refractivity contribution in [3.63, 3.8) is 0 Å². The van der Waals surface area contributed by atoms with Gasteiger partial charge in [0.05, 0.1) is 6.54 Å². The second kappa shape index (κ2) is 6.44. The fourth-order valence-corrected chi connectivity index (χ4v) is 2.30. The molecule has 1 aliphatic heterocycles. The molecule has 0 unspecified atom stereocenters. The van der Waals surface area contributed by atoms with Gasteiger partial charge in [-0.15, -0.1) is 0 Å². The lowest BCUT2D eigenvalue weighted by atomic mass is 10.1. The Morgan fingerprint density at radius 1 is 1.04 bits per heavy atom. The van der Waals surface area contributed by atoms with Crippen LogP contribution >= 0.6 is 0 Å². The number of rotatable bonds is 4. The van der Waals surface area contributed by atoms with Gasteiger partial charge >= 0.3 is 0 Å². The van der Waals surface area contributed by atoms with E-state index in [2.05, 4.69) is 5.32 Å². The Hall–Kier alpha value is -2.95. The molecule has 1 aliphatic rings. The fourth-order valence-electron chi connectivity index (χ4n) is 2.30. The van der Waals surface area contributed by atoms with Crippen molar-refractivity contribution in [2.45, 2.75) is 13.3 Å². The van der Waals surface area contributed by atoms with Crippen molar-refractivity contribution in [1.82, 2.24) is 5.32 Å². The van der Waals surface area contributed by atoms with Crippen molar-refractivity contribution >= 4 is 5.91 Å². The summed E-state index contributed by atoms with van der Waals surface area (Å²) in [5, 5.41) is 12.3. The Kier molecular flexibility index (Phi) is 4.19. The van der Waals surface area contributed by atoms with E-state index in [1.807, 2.05) is 30.3 Å². The maximum absolute atomic E-state index is 11.2. The van der Waals surface area contributed by atoms with E-state index in [0.29, 0.717) is 29.4 Å². The molecule has 118 valence electrons. The molecule has 2 aromatic carbocycles. The van der Waals surface area contributed by atoms with Gasteiger partial charge < -0.3 is 19.9 Å². The zero-order valence-electron chi connectivity index (χ0n) is 12.7. The molecular formula is C18H17NO4. The highest BCUT2D eigenvalue weighted by molar-refractivity contribution is 5.73. The third-order valence-corrected chi connectivity index (χ3v) is 3.41. The molecule has 0 aliphatic carbocycles. The maximum Gasteiger partial charge on any atom is 0.217 e. The first kappa shape index (κ1) is 15.0. The summed E-state index contributed by atoms with van der Waals surface area (Å²) in [5.41, 5.74) is 1.08. The fraction of sp³-hybridized carbons (Fsp3) is 0.167. The lowest BCUT2D eigenvalue weighted by Gasteiger charge is -2.24. The Bertz CT molecular complexity index is 753. The first-order valence-electron chi connectivity index (χ1n) is 7.31. The van der Waals surface area contributed by atoms with Crippen molar-refractivity contribution in [2.24, 2.45) is 0 Å². The van der Waals surface area contributed by atoms with Gasteiger partial charge in [0.1, 0.15) is 11.5 Å². The van der Waals surface area contributed by atoms with Crippen LogP contribution in [0.3, 0.4) is 0 Å². The van der Waals surface area contributed by atoms with Crippen molar-refractivity contribution in [1.29, 1.82) is 0 Å². The van der Waals surface area contributed by atoms with Crippen LogP contribution in [0.4, 0.5) is 0 Å². The molecule has 2 N–H and O–H groups in total. The third kappa shape index (κ3) is 3.63. The Labute approximate surface area is 134 Å². The van der Waals surface area contributed by atoms with Crippen LogP contribution in [0.25, 0.3) is 0 Å². The average Bonchev–Trinajstić information content (AvgIpc) is 2.54. The molecule has 0 bridgehead atoms. The van der Waals surface area contributed by atoms with Crippen LogP contribution in [0.15, 0.2) is 60.0 Å². The molecule has 5 heteroatoms. The van der Waals surface area contributed by atoms with Crippen molar-refractivity contribution in [3.05, 3.63) is 65.6 Å². The summed E-state index contributed by atoms with van der Waals surface area (Å²) in [6.07, 6.45) is 0.552. The van der Waals surface area contributed by atoms with Gasteiger partial charge in [-0.05, 0) is 17.7 Å². The summed E-state index contributed by atoms with van der Waals surface area (Å²) in [4.78, 5) is 11.2. The highest BCUT2D eigenvalue weighted by Crippen LogP contribution is 2.38. The van der Waals surface area contributed by atoms with E-state index in [1.165, 1.54) is 13.0 Å². The number of nitrogens with one attached hydrogen (secondary N) is 1. The molecule has 0 saturated heterocycles. The van der Waals surface area contributed by atoms with Crippen LogP contribution in [-0.4, -0.2) is 17.6 Å². The van der Waals surface area contributed by atoms with E-state index >= 15 is 0 Å². The number of carbonyl (C=O) groups is 1. The lowest BCUT2D eigenvalue weighted by Crippen LogP contribution is -2.28. The minimum absolute atomic E-state index is 0.0951. The molecule has 3 rings (SSSR count). The van der Waals surface area contributed by atoms with Crippen LogP contribution in [-0.2, 0) is 11.2 Å². The number of hydrogen-bond donors (Lipinski definition) is 2. The van der Waals surface area contributed by atoms with Crippen LogP contribution < -0.4 is 14.8 Å². The quantitative estimate of drug-likeness (QED) is 0.911. The smallest absolute Gasteiger partial charge is 0.217 e. The van der Waals surface area contributed by atoms with Crippen LogP contribution in [0.2, 0.25) is 0 Å². The van der Waals surface area contributed by atoms with E-state index in [9.17, 15) is 9.90 Å². The number of ether oxygens (including phenoxy) is 2. The molecule has 0 saturated carbocycles. The summed E-state index contributed by atoms with van der Waals surface area (Å²) in [5.74, 6) is 2.09. The monoisotopic (exact) mass is 311 g/mol. The van der Waals surface area contributed by atoms with Crippen LogP contribution in [0.1, 0.15) is 12.5 Å². The van der Waals surface area contributed by atoms with E-state index in [4.69, 9.17) is 9.47 Å². The molecule has 0 spiro atoms. The van der Waals surface area contributed by atoms with Crippen LogP contribution in [0, 0.1) is 0 Å². The van der Waals surface area contributed by atoms with Gasteiger partial charge in [-0.1, -0.05) is 30.3 Å². The number of phenols is 1. The molecule has 2 aromatic rings. The van der Waals surface area contributed by atoms with Gasteiger partial charge in [0.2, 0.25) is 5.91 Å². The van der Waals surface area contributed by atoms with Gasteiger partial charge in [-0.25, -0.2) is 0 Å². The first-order chi connectivity index (χ1) is 11.1. The maximum atomic E-state index is 11.2. The van der Waals surface area contributed by atoms with E-state index < -0.39 is 0 Å². The molecular weight excluding hydrogens is 294 g/mol. The van der Waals surface area contributed by atoms with E-state index in [1.54, 1.807) is 12.1 Å².